The van der Waals surface area contributed by atoms with E-state index in [-0.39, 0.29) is 29.8 Å². The highest BCUT2D eigenvalue weighted by Crippen LogP contribution is 2.26. The van der Waals surface area contributed by atoms with E-state index in [9.17, 15) is 18.0 Å². The molecule has 0 saturated heterocycles. The van der Waals surface area contributed by atoms with Crippen molar-refractivity contribution in [1.82, 2.24) is 10.2 Å². The van der Waals surface area contributed by atoms with Crippen LogP contribution in [0.15, 0.2) is 108 Å². The molecule has 0 aliphatic heterocycles. The summed E-state index contributed by atoms with van der Waals surface area (Å²) in [7, 11) is -4.13. The molecule has 0 aromatic heterocycles. The zero-order valence-electron chi connectivity index (χ0n) is 26.0. The summed E-state index contributed by atoms with van der Waals surface area (Å²) in [6.07, 6.45) is 0.270. The van der Waals surface area contributed by atoms with Crippen LogP contribution in [0.5, 0.6) is 0 Å². The second-order valence-corrected chi connectivity index (χ2v) is 13.4. The fraction of sp³-hybridized carbons (Fsp3) is 0.278. The topological polar surface area (TPSA) is 86.8 Å². The highest BCUT2D eigenvalue weighted by molar-refractivity contribution is 7.92. The van der Waals surface area contributed by atoms with Gasteiger partial charge in [0.1, 0.15) is 12.6 Å². The van der Waals surface area contributed by atoms with Crippen LogP contribution in [0.2, 0.25) is 0 Å². The number of rotatable bonds is 12. The molecule has 4 rings (SSSR count). The largest absolute Gasteiger partial charge is 0.352 e. The average molecular weight is 612 g/mol. The van der Waals surface area contributed by atoms with Crippen LogP contribution in [0.1, 0.15) is 41.7 Å². The number of carbonyl (C=O) groups is 2. The van der Waals surface area contributed by atoms with E-state index in [0.717, 1.165) is 32.1 Å². The predicted octanol–water partition coefficient (Wildman–Crippen LogP) is 5.97. The van der Waals surface area contributed by atoms with E-state index < -0.39 is 28.5 Å². The Hall–Kier alpha value is -4.43. The monoisotopic (exact) mass is 611 g/mol. The lowest BCUT2D eigenvalue weighted by Crippen LogP contribution is -2.54. The number of nitrogens with zero attached hydrogens (tertiary/aromatic N) is 2. The summed E-state index contributed by atoms with van der Waals surface area (Å²) in [5.41, 5.74) is 5.00. The first-order chi connectivity index (χ1) is 20.9. The summed E-state index contributed by atoms with van der Waals surface area (Å²) in [5.74, 6) is -0.782. The van der Waals surface area contributed by atoms with E-state index in [2.05, 4.69) is 5.32 Å². The van der Waals surface area contributed by atoms with Crippen molar-refractivity contribution in [3.05, 3.63) is 131 Å². The van der Waals surface area contributed by atoms with Crippen LogP contribution >= 0.6 is 0 Å². The first-order valence-electron chi connectivity index (χ1n) is 14.8. The molecule has 230 valence electrons. The van der Waals surface area contributed by atoms with E-state index in [1.165, 1.54) is 4.90 Å². The maximum Gasteiger partial charge on any atom is 0.264 e. The molecule has 0 bridgehead atoms. The minimum Gasteiger partial charge on any atom is -0.352 e. The van der Waals surface area contributed by atoms with Gasteiger partial charge in [-0.25, -0.2) is 8.42 Å². The van der Waals surface area contributed by atoms with E-state index >= 15 is 0 Å². The molecule has 1 unspecified atom stereocenters. The van der Waals surface area contributed by atoms with Gasteiger partial charge in [0.15, 0.2) is 0 Å². The van der Waals surface area contributed by atoms with Gasteiger partial charge in [-0.05, 0) is 70.0 Å². The van der Waals surface area contributed by atoms with Gasteiger partial charge in [0, 0.05) is 19.0 Å². The zero-order valence-corrected chi connectivity index (χ0v) is 26.8. The van der Waals surface area contributed by atoms with Crippen LogP contribution in [0.4, 0.5) is 5.69 Å². The van der Waals surface area contributed by atoms with Crippen molar-refractivity contribution in [3.63, 3.8) is 0 Å². The van der Waals surface area contributed by atoms with Gasteiger partial charge in [-0.2, -0.15) is 0 Å². The number of benzene rings is 4. The van der Waals surface area contributed by atoms with Crippen molar-refractivity contribution in [2.24, 2.45) is 0 Å². The molecule has 7 nitrogen and oxygen atoms in total. The average Bonchev–Trinajstić information content (AvgIpc) is 2.98. The molecule has 0 aliphatic carbocycles. The summed E-state index contributed by atoms with van der Waals surface area (Å²) in [6.45, 7) is 9.17. The Morgan fingerprint density at radius 3 is 1.91 bits per heavy atom. The molecule has 4 aromatic rings. The van der Waals surface area contributed by atoms with Gasteiger partial charge in [-0.3, -0.25) is 13.9 Å². The van der Waals surface area contributed by atoms with Crippen molar-refractivity contribution in [1.29, 1.82) is 0 Å². The van der Waals surface area contributed by atoms with Crippen molar-refractivity contribution in [2.75, 3.05) is 10.8 Å². The number of amides is 2. The van der Waals surface area contributed by atoms with Gasteiger partial charge in [-0.15, -0.1) is 0 Å². The van der Waals surface area contributed by atoms with Crippen molar-refractivity contribution in [2.45, 2.75) is 64.6 Å². The summed E-state index contributed by atoms with van der Waals surface area (Å²) in [4.78, 5) is 29.8. The van der Waals surface area contributed by atoms with E-state index in [4.69, 9.17) is 0 Å². The Morgan fingerprint density at radius 1 is 0.727 bits per heavy atom. The Balaban J connectivity index is 1.80. The van der Waals surface area contributed by atoms with Crippen LogP contribution < -0.4 is 9.62 Å². The van der Waals surface area contributed by atoms with Crippen LogP contribution in [-0.2, 0) is 32.6 Å². The smallest absolute Gasteiger partial charge is 0.264 e. The third-order valence-electron chi connectivity index (χ3n) is 7.35. The molecule has 0 spiro atoms. The molecule has 0 radical (unpaired) electrons. The lowest BCUT2D eigenvalue weighted by molar-refractivity contribution is -0.140. The minimum absolute atomic E-state index is 0.0834. The standard InChI is InChI=1S/C36H41N3O4S/c1-26(2)37-36(41)34(23-30-11-7-6-8-12-30)38(24-31-13-9-10-29(5)22-31)35(40)25-39(32-18-14-27(3)15-19-32)44(42,43)33-20-16-28(4)17-21-33/h6-22,26,34H,23-25H2,1-5H3,(H,37,41). The molecule has 0 saturated carbocycles. The van der Waals surface area contributed by atoms with Gasteiger partial charge < -0.3 is 10.2 Å². The maximum atomic E-state index is 14.5. The fourth-order valence-corrected chi connectivity index (χ4v) is 6.43. The number of sulfonamides is 1. The summed E-state index contributed by atoms with van der Waals surface area (Å²) in [5, 5.41) is 2.98. The molecule has 0 heterocycles. The van der Waals surface area contributed by atoms with Crippen molar-refractivity contribution >= 4 is 27.5 Å². The van der Waals surface area contributed by atoms with Crippen LogP contribution in [0.25, 0.3) is 0 Å². The lowest BCUT2D eigenvalue weighted by atomic mass is 10.0. The molecule has 4 aromatic carbocycles. The number of carbonyl (C=O) groups excluding carboxylic acids is 2. The fourth-order valence-electron chi connectivity index (χ4n) is 5.02. The lowest BCUT2D eigenvalue weighted by Gasteiger charge is -2.34. The van der Waals surface area contributed by atoms with Gasteiger partial charge >= 0.3 is 0 Å². The molecule has 1 N–H and O–H groups in total. The normalized spacial score (nSPS) is 12.0. The molecule has 0 aliphatic rings. The van der Waals surface area contributed by atoms with Gasteiger partial charge in [-0.1, -0.05) is 95.6 Å². The number of aryl methyl sites for hydroxylation is 3. The molecular weight excluding hydrogens is 570 g/mol. The van der Waals surface area contributed by atoms with Crippen molar-refractivity contribution in [3.8, 4) is 0 Å². The number of hydrogen-bond donors (Lipinski definition) is 1. The maximum absolute atomic E-state index is 14.5. The Bertz CT molecular complexity index is 1670. The number of nitrogens with one attached hydrogen (secondary N) is 1. The second-order valence-electron chi connectivity index (χ2n) is 11.5. The number of hydrogen-bond acceptors (Lipinski definition) is 4. The minimum atomic E-state index is -4.13. The molecule has 0 fully saturated rings. The summed E-state index contributed by atoms with van der Waals surface area (Å²) in [6, 6.07) is 29.9. The van der Waals surface area contributed by atoms with Gasteiger partial charge in [0.2, 0.25) is 11.8 Å². The molecule has 2 amide bonds. The van der Waals surface area contributed by atoms with E-state index in [0.29, 0.717) is 5.69 Å². The van der Waals surface area contributed by atoms with Crippen molar-refractivity contribution < 1.29 is 18.0 Å². The van der Waals surface area contributed by atoms with E-state index in [1.807, 2.05) is 101 Å². The highest BCUT2D eigenvalue weighted by Gasteiger charge is 2.34. The van der Waals surface area contributed by atoms with E-state index in [1.54, 1.807) is 36.4 Å². The Morgan fingerprint density at radius 2 is 1.32 bits per heavy atom. The molecule has 8 heteroatoms. The first kappa shape index (κ1) is 32.5. The third-order valence-corrected chi connectivity index (χ3v) is 9.14. The van der Waals surface area contributed by atoms with Crippen LogP contribution in [0.3, 0.4) is 0 Å². The SMILES string of the molecule is Cc1ccc(N(CC(=O)N(Cc2cccc(C)c2)C(Cc2ccccc2)C(=O)NC(C)C)S(=O)(=O)c2ccc(C)cc2)cc1. The Labute approximate surface area is 261 Å². The summed E-state index contributed by atoms with van der Waals surface area (Å²) < 4.78 is 29.4. The highest BCUT2D eigenvalue weighted by atomic mass is 32.2. The summed E-state index contributed by atoms with van der Waals surface area (Å²) >= 11 is 0. The van der Waals surface area contributed by atoms with Crippen LogP contribution in [0, 0.1) is 20.8 Å². The molecule has 44 heavy (non-hydrogen) atoms. The predicted molar refractivity (Wildman–Crippen MR) is 176 cm³/mol. The second kappa shape index (κ2) is 14.4. The third kappa shape index (κ3) is 8.35. The first-order valence-corrected chi connectivity index (χ1v) is 16.2. The number of anilines is 1. The zero-order chi connectivity index (χ0) is 31.9. The van der Waals surface area contributed by atoms with Crippen LogP contribution in [-0.4, -0.2) is 43.8 Å². The molecular formula is C36H41N3O4S. The Kier molecular flexibility index (Phi) is 10.6. The quantitative estimate of drug-likeness (QED) is 0.214. The van der Waals surface area contributed by atoms with Gasteiger partial charge in [0.25, 0.3) is 10.0 Å². The molecule has 1 atom stereocenters. The van der Waals surface area contributed by atoms with Gasteiger partial charge in [0.05, 0.1) is 10.6 Å².